The van der Waals surface area contributed by atoms with Crippen molar-refractivity contribution in [1.82, 2.24) is 0 Å². The van der Waals surface area contributed by atoms with Crippen molar-refractivity contribution in [3.05, 3.63) is 75.3 Å². The van der Waals surface area contributed by atoms with Crippen LogP contribution in [0.4, 0.5) is 5.69 Å². The van der Waals surface area contributed by atoms with Gasteiger partial charge in [-0.15, -0.1) is 0 Å². The van der Waals surface area contributed by atoms with Gasteiger partial charge in [-0.25, -0.2) is 0 Å². The zero-order chi connectivity index (χ0) is 18.0. The quantitative estimate of drug-likeness (QED) is 0.275. The lowest BCUT2D eigenvalue weighted by Gasteiger charge is -2.14. The molecular weight excluding hydrogens is 322 g/mol. The normalized spacial score (nSPS) is 19.5. The van der Waals surface area contributed by atoms with Crippen molar-refractivity contribution in [3.8, 4) is 0 Å². The molecular formula is C19H17NO5. The van der Waals surface area contributed by atoms with Crippen LogP contribution in [0.5, 0.6) is 0 Å². The van der Waals surface area contributed by atoms with E-state index < -0.39 is 16.8 Å². The van der Waals surface area contributed by atoms with Crippen molar-refractivity contribution in [2.75, 3.05) is 6.61 Å². The van der Waals surface area contributed by atoms with E-state index in [2.05, 4.69) is 0 Å². The molecule has 0 aromatic heterocycles. The molecule has 2 atom stereocenters. The van der Waals surface area contributed by atoms with Gasteiger partial charge in [0.05, 0.1) is 11.5 Å². The number of nitro groups is 1. The summed E-state index contributed by atoms with van der Waals surface area (Å²) in [6.45, 7) is 2.10. The molecule has 0 saturated carbocycles. The van der Waals surface area contributed by atoms with E-state index in [9.17, 15) is 19.7 Å². The topological polar surface area (TPSA) is 86.5 Å². The molecule has 128 valence electrons. The second-order valence-corrected chi connectivity index (χ2v) is 6.23. The molecule has 3 rings (SSSR count). The number of cyclic esters (lactones) is 1. The molecule has 0 unspecified atom stereocenters. The van der Waals surface area contributed by atoms with Crippen LogP contribution in [0.1, 0.15) is 21.5 Å². The summed E-state index contributed by atoms with van der Waals surface area (Å²) in [7, 11) is 0. The number of hydrogen-bond acceptors (Lipinski definition) is 5. The fourth-order valence-electron chi connectivity index (χ4n) is 3.02. The molecule has 1 heterocycles. The number of carbonyl (C=O) groups excluding carboxylic acids is 2. The second-order valence-electron chi connectivity index (χ2n) is 6.23. The number of benzene rings is 2. The number of ether oxygens (including phenoxy) is 1. The third-order valence-electron chi connectivity index (χ3n) is 4.43. The average Bonchev–Trinajstić information content (AvgIpc) is 2.96. The highest BCUT2D eigenvalue weighted by Gasteiger charge is 2.42. The third-order valence-corrected chi connectivity index (χ3v) is 4.43. The van der Waals surface area contributed by atoms with E-state index in [1.807, 2.05) is 19.1 Å². The summed E-state index contributed by atoms with van der Waals surface area (Å²) in [6.07, 6.45) is 0.450. The summed E-state index contributed by atoms with van der Waals surface area (Å²) in [5.74, 6) is -1.85. The predicted octanol–water partition coefficient (Wildman–Crippen LogP) is 3.12. The number of aryl methyl sites for hydroxylation is 1. The predicted molar refractivity (Wildman–Crippen MR) is 90.2 cm³/mol. The molecule has 1 fully saturated rings. The Hall–Kier alpha value is -3.02. The van der Waals surface area contributed by atoms with Crippen LogP contribution in [0.25, 0.3) is 0 Å². The van der Waals surface area contributed by atoms with Crippen LogP contribution < -0.4 is 0 Å². The molecule has 0 spiro atoms. The molecule has 1 aliphatic rings. The van der Waals surface area contributed by atoms with Crippen molar-refractivity contribution in [2.24, 2.45) is 11.8 Å². The number of nitro benzene ring substituents is 1. The number of hydrogen-bond donors (Lipinski definition) is 0. The molecule has 6 heteroatoms. The van der Waals surface area contributed by atoms with E-state index in [0.29, 0.717) is 12.0 Å². The highest BCUT2D eigenvalue weighted by molar-refractivity contribution is 6.09. The van der Waals surface area contributed by atoms with Crippen molar-refractivity contribution < 1.29 is 19.2 Å². The van der Waals surface area contributed by atoms with Crippen molar-refractivity contribution in [2.45, 2.75) is 13.3 Å². The summed E-state index contributed by atoms with van der Waals surface area (Å²) < 4.78 is 5.11. The summed E-state index contributed by atoms with van der Waals surface area (Å²) in [5, 5.41) is 10.7. The lowest BCUT2D eigenvalue weighted by atomic mass is 9.84. The molecule has 6 nitrogen and oxygen atoms in total. The first kappa shape index (κ1) is 16.8. The van der Waals surface area contributed by atoms with E-state index in [0.717, 1.165) is 11.1 Å². The maximum absolute atomic E-state index is 12.7. The largest absolute Gasteiger partial charge is 0.465 e. The number of nitrogens with zero attached hydrogens (tertiary/aromatic N) is 1. The average molecular weight is 339 g/mol. The van der Waals surface area contributed by atoms with Crippen LogP contribution in [0.15, 0.2) is 48.5 Å². The highest BCUT2D eigenvalue weighted by Crippen LogP contribution is 2.29. The smallest absolute Gasteiger partial charge is 0.317 e. The molecule has 1 aliphatic heterocycles. The molecule has 25 heavy (non-hydrogen) atoms. The van der Waals surface area contributed by atoms with Gasteiger partial charge in [0.25, 0.3) is 5.69 Å². The zero-order valence-corrected chi connectivity index (χ0v) is 13.7. The van der Waals surface area contributed by atoms with Crippen LogP contribution in [0.3, 0.4) is 0 Å². The van der Waals surface area contributed by atoms with Gasteiger partial charge in [-0.1, -0.05) is 42.0 Å². The Morgan fingerprint density at radius 2 is 1.80 bits per heavy atom. The SMILES string of the molecule is Cc1ccc(C(=O)[C@@H]2C(=O)OC[C@H]2Cc2ccc([N+](=O)[O-])cc2)cc1. The van der Waals surface area contributed by atoms with Crippen LogP contribution in [-0.4, -0.2) is 23.3 Å². The van der Waals surface area contributed by atoms with Gasteiger partial charge in [0, 0.05) is 23.6 Å². The van der Waals surface area contributed by atoms with E-state index in [-0.39, 0.29) is 24.0 Å². The summed E-state index contributed by atoms with van der Waals surface area (Å²) in [4.78, 5) is 35.0. The molecule has 0 amide bonds. The number of non-ortho nitro benzene ring substituents is 1. The summed E-state index contributed by atoms with van der Waals surface area (Å²) >= 11 is 0. The van der Waals surface area contributed by atoms with Gasteiger partial charge in [0.2, 0.25) is 0 Å². The molecule has 0 radical (unpaired) electrons. The fraction of sp³-hybridized carbons (Fsp3) is 0.263. The van der Waals surface area contributed by atoms with E-state index >= 15 is 0 Å². The van der Waals surface area contributed by atoms with Gasteiger partial charge in [-0.2, -0.15) is 0 Å². The molecule has 0 N–H and O–H groups in total. The van der Waals surface area contributed by atoms with Crippen LogP contribution in [0, 0.1) is 28.9 Å². The number of Topliss-reactive ketones (excluding diaryl/α,β-unsaturated/α-hetero) is 1. The second kappa shape index (κ2) is 6.84. The van der Waals surface area contributed by atoms with Gasteiger partial charge in [0.1, 0.15) is 5.92 Å². The van der Waals surface area contributed by atoms with Crippen LogP contribution >= 0.6 is 0 Å². The standard InChI is InChI=1S/C19H17NO5/c1-12-2-6-14(7-3-12)18(21)17-15(11-25-19(17)22)10-13-4-8-16(9-5-13)20(23)24/h2-9,15,17H,10-11H2,1H3/t15-,17-/m1/s1. The molecule has 2 aromatic carbocycles. The number of carbonyl (C=O) groups is 2. The first-order chi connectivity index (χ1) is 12.0. The minimum atomic E-state index is -0.835. The Morgan fingerprint density at radius 1 is 1.16 bits per heavy atom. The first-order valence-electron chi connectivity index (χ1n) is 7.96. The summed E-state index contributed by atoms with van der Waals surface area (Å²) in [6, 6.07) is 13.2. The maximum Gasteiger partial charge on any atom is 0.317 e. The lowest BCUT2D eigenvalue weighted by molar-refractivity contribution is -0.384. The molecule has 2 aromatic rings. The fourth-order valence-corrected chi connectivity index (χ4v) is 3.02. The molecule has 0 aliphatic carbocycles. The number of esters is 1. The first-order valence-corrected chi connectivity index (χ1v) is 7.96. The van der Waals surface area contributed by atoms with E-state index in [1.165, 1.54) is 12.1 Å². The van der Waals surface area contributed by atoms with Crippen molar-refractivity contribution in [3.63, 3.8) is 0 Å². The lowest BCUT2D eigenvalue weighted by Crippen LogP contribution is -2.27. The number of ketones is 1. The minimum absolute atomic E-state index is 0.00906. The van der Waals surface area contributed by atoms with Gasteiger partial charge in [-0.3, -0.25) is 19.7 Å². The Bertz CT molecular complexity index is 811. The minimum Gasteiger partial charge on any atom is -0.465 e. The van der Waals surface area contributed by atoms with Gasteiger partial charge < -0.3 is 4.74 Å². The maximum atomic E-state index is 12.7. The van der Waals surface area contributed by atoms with Crippen LogP contribution in [0.2, 0.25) is 0 Å². The number of rotatable bonds is 5. The Labute approximate surface area is 144 Å². The molecule has 0 bridgehead atoms. The zero-order valence-electron chi connectivity index (χ0n) is 13.7. The Morgan fingerprint density at radius 3 is 2.40 bits per heavy atom. The molecule has 1 saturated heterocycles. The monoisotopic (exact) mass is 339 g/mol. The Kier molecular flexibility index (Phi) is 4.61. The van der Waals surface area contributed by atoms with Crippen molar-refractivity contribution in [1.29, 1.82) is 0 Å². The van der Waals surface area contributed by atoms with Gasteiger partial charge in [-0.05, 0) is 18.9 Å². The Balaban J connectivity index is 1.78. The highest BCUT2D eigenvalue weighted by atomic mass is 16.6. The van der Waals surface area contributed by atoms with E-state index in [4.69, 9.17) is 4.74 Å². The van der Waals surface area contributed by atoms with Gasteiger partial charge in [0.15, 0.2) is 5.78 Å². The van der Waals surface area contributed by atoms with Crippen LogP contribution in [-0.2, 0) is 16.0 Å². The third kappa shape index (κ3) is 3.57. The van der Waals surface area contributed by atoms with Crippen molar-refractivity contribution >= 4 is 17.4 Å². The van der Waals surface area contributed by atoms with E-state index in [1.54, 1.807) is 24.3 Å². The summed E-state index contributed by atoms with van der Waals surface area (Å²) in [5.41, 5.74) is 2.36. The van der Waals surface area contributed by atoms with Gasteiger partial charge >= 0.3 is 5.97 Å².